The second-order valence-electron chi connectivity index (χ2n) is 7.04. The molecule has 1 amide bonds. The van der Waals surface area contributed by atoms with Gasteiger partial charge in [0.05, 0.1) is 19.3 Å². The third-order valence-corrected chi connectivity index (χ3v) is 4.32. The van der Waals surface area contributed by atoms with E-state index >= 15 is 0 Å². The van der Waals surface area contributed by atoms with Crippen molar-refractivity contribution in [3.63, 3.8) is 0 Å². The van der Waals surface area contributed by atoms with Gasteiger partial charge in [-0.1, -0.05) is 51.2 Å². The number of unbranched alkanes of at least 4 members (excludes halogenated alkanes) is 4. The third-order valence-electron chi connectivity index (χ3n) is 4.32. The van der Waals surface area contributed by atoms with Crippen LogP contribution in [0.3, 0.4) is 0 Å². The Morgan fingerprint density at radius 2 is 1.68 bits per heavy atom. The van der Waals surface area contributed by atoms with Gasteiger partial charge in [-0.3, -0.25) is 0 Å². The van der Waals surface area contributed by atoms with Crippen LogP contribution in [0.2, 0.25) is 0 Å². The van der Waals surface area contributed by atoms with E-state index in [1.807, 2.05) is 27.7 Å². The van der Waals surface area contributed by atoms with Gasteiger partial charge in [0.15, 0.2) is 0 Å². The highest BCUT2D eigenvalue weighted by Gasteiger charge is 2.18. The number of carbonyl (C=O) groups is 1. The molecule has 1 unspecified atom stereocenters. The van der Waals surface area contributed by atoms with Crippen LogP contribution < -0.4 is 10.1 Å². The highest BCUT2D eigenvalue weighted by molar-refractivity contribution is 5.68. The highest BCUT2D eigenvalue weighted by Crippen LogP contribution is 2.29. The van der Waals surface area contributed by atoms with Gasteiger partial charge in [0.2, 0.25) is 0 Å². The first kappa shape index (κ1) is 21.3. The topological polar surface area (TPSA) is 47.6 Å². The number of nitrogens with one attached hydrogen (secondary N) is 1. The zero-order valence-electron chi connectivity index (χ0n) is 16.8. The lowest BCUT2D eigenvalue weighted by Gasteiger charge is -2.22. The summed E-state index contributed by atoms with van der Waals surface area (Å²) < 4.78 is 10.7. The summed E-state index contributed by atoms with van der Waals surface area (Å²) in [4.78, 5) is 12.1. The fourth-order valence-electron chi connectivity index (χ4n) is 3.17. The molecule has 0 aromatic heterocycles. The van der Waals surface area contributed by atoms with Crippen LogP contribution in [0.4, 0.5) is 4.79 Å². The third kappa shape index (κ3) is 7.37. The number of amides is 1. The first-order valence-electron chi connectivity index (χ1n) is 9.51. The molecule has 0 fully saturated rings. The Balaban J connectivity index is 2.87. The Labute approximate surface area is 153 Å². The largest absolute Gasteiger partial charge is 0.496 e. The Bertz CT molecular complexity index is 517. The molecule has 0 saturated heterocycles. The number of methoxy groups -OCH3 is 1. The van der Waals surface area contributed by atoms with Crippen molar-refractivity contribution < 1.29 is 14.3 Å². The molecule has 1 aromatic rings. The van der Waals surface area contributed by atoms with Crippen LogP contribution in [0, 0.1) is 13.8 Å². The predicted molar refractivity (Wildman–Crippen MR) is 103 cm³/mol. The van der Waals surface area contributed by atoms with Gasteiger partial charge in [0.25, 0.3) is 0 Å². The van der Waals surface area contributed by atoms with Crippen LogP contribution >= 0.6 is 0 Å². The lowest BCUT2D eigenvalue weighted by Crippen LogP contribution is -2.31. The van der Waals surface area contributed by atoms with E-state index in [1.54, 1.807) is 7.11 Å². The average Bonchev–Trinajstić information content (AvgIpc) is 2.52. The molecule has 4 nitrogen and oxygen atoms in total. The van der Waals surface area contributed by atoms with Gasteiger partial charge in [-0.15, -0.1) is 0 Å². The summed E-state index contributed by atoms with van der Waals surface area (Å²) in [6.07, 6.45) is 6.50. The SMILES string of the molecule is CCCCCCCC(NC(=O)OC(C)C)c1cc(C)c(OC)c(C)c1. The molecule has 1 N–H and O–H groups in total. The van der Waals surface area contributed by atoms with E-state index in [0.29, 0.717) is 0 Å². The Kier molecular flexibility index (Phi) is 9.40. The monoisotopic (exact) mass is 349 g/mol. The van der Waals surface area contributed by atoms with E-state index in [-0.39, 0.29) is 18.2 Å². The molecule has 1 atom stereocenters. The number of carbonyl (C=O) groups excluding carboxylic acids is 1. The minimum absolute atomic E-state index is 0.0313. The smallest absolute Gasteiger partial charge is 0.407 e. The summed E-state index contributed by atoms with van der Waals surface area (Å²) in [5, 5.41) is 3.05. The second-order valence-corrected chi connectivity index (χ2v) is 7.04. The molecule has 0 spiro atoms. The molecule has 0 bridgehead atoms. The van der Waals surface area contributed by atoms with Gasteiger partial charge in [-0.2, -0.15) is 0 Å². The lowest BCUT2D eigenvalue weighted by molar-refractivity contribution is 0.111. The maximum Gasteiger partial charge on any atom is 0.407 e. The molecular weight excluding hydrogens is 314 g/mol. The number of benzene rings is 1. The van der Waals surface area contributed by atoms with Gasteiger partial charge >= 0.3 is 6.09 Å². The lowest BCUT2D eigenvalue weighted by atomic mass is 9.96. The quantitative estimate of drug-likeness (QED) is 0.539. The highest BCUT2D eigenvalue weighted by atomic mass is 16.6. The molecule has 1 rings (SSSR count). The van der Waals surface area contributed by atoms with E-state index < -0.39 is 0 Å². The van der Waals surface area contributed by atoms with E-state index in [2.05, 4.69) is 24.4 Å². The van der Waals surface area contributed by atoms with Crippen LogP contribution in [-0.2, 0) is 4.74 Å². The second kappa shape index (κ2) is 11.0. The first-order chi connectivity index (χ1) is 11.9. The minimum Gasteiger partial charge on any atom is -0.496 e. The van der Waals surface area contributed by atoms with E-state index in [0.717, 1.165) is 35.3 Å². The standard InChI is InChI=1S/C21H35NO3/c1-7-8-9-10-11-12-19(22-21(23)25-15(2)3)18-13-16(4)20(24-6)17(5)14-18/h13-15,19H,7-12H2,1-6H3,(H,22,23). The maximum absolute atomic E-state index is 12.1. The summed E-state index contributed by atoms with van der Waals surface area (Å²) in [5.74, 6) is 0.912. The number of ether oxygens (including phenoxy) is 2. The Morgan fingerprint density at radius 1 is 1.08 bits per heavy atom. The molecule has 142 valence electrons. The minimum atomic E-state index is -0.348. The van der Waals surface area contributed by atoms with Crippen molar-refractivity contribution in [3.05, 3.63) is 28.8 Å². The molecule has 0 aliphatic rings. The Morgan fingerprint density at radius 3 is 2.20 bits per heavy atom. The van der Waals surface area contributed by atoms with Crippen molar-refractivity contribution in [3.8, 4) is 5.75 Å². The number of hydrogen-bond acceptors (Lipinski definition) is 3. The van der Waals surface area contributed by atoms with Crippen LogP contribution in [0.15, 0.2) is 12.1 Å². The fraction of sp³-hybridized carbons (Fsp3) is 0.667. The molecule has 0 aliphatic carbocycles. The summed E-state index contributed by atoms with van der Waals surface area (Å²) in [6.45, 7) is 10.0. The molecule has 0 radical (unpaired) electrons. The summed E-state index contributed by atoms with van der Waals surface area (Å²) >= 11 is 0. The molecular formula is C21H35NO3. The zero-order chi connectivity index (χ0) is 18.8. The van der Waals surface area contributed by atoms with Crippen LogP contribution in [-0.4, -0.2) is 19.3 Å². The maximum atomic E-state index is 12.1. The summed E-state index contributed by atoms with van der Waals surface area (Å²) in [5.41, 5.74) is 3.30. The van der Waals surface area contributed by atoms with Crippen molar-refractivity contribution >= 4 is 6.09 Å². The molecule has 0 aliphatic heterocycles. The van der Waals surface area contributed by atoms with Crippen LogP contribution in [0.5, 0.6) is 5.75 Å². The van der Waals surface area contributed by atoms with Crippen molar-refractivity contribution in [1.82, 2.24) is 5.32 Å². The van der Waals surface area contributed by atoms with Gasteiger partial charge in [-0.25, -0.2) is 4.79 Å². The molecule has 0 heterocycles. The molecule has 1 aromatic carbocycles. The number of rotatable bonds is 10. The first-order valence-corrected chi connectivity index (χ1v) is 9.51. The predicted octanol–water partition coefficient (Wildman–Crippen LogP) is 5.85. The average molecular weight is 350 g/mol. The van der Waals surface area contributed by atoms with E-state index in [1.165, 1.54) is 25.7 Å². The zero-order valence-corrected chi connectivity index (χ0v) is 16.8. The van der Waals surface area contributed by atoms with Crippen molar-refractivity contribution in [2.75, 3.05) is 7.11 Å². The Hall–Kier alpha value is -1.71. The summed E-state index contributed by atoms with van der Waals surface area (Å²) in [7, 11) is 1.69. The fourth-order valence-corrected chi connectivity index (χ4v) is 3.17. The van der Waals surface area contributed by atoms with Gasteiger partial charge in [0, 0.05) is 0 Å². The van der Waals surface area contributed by atoms with Crippen LogP contribution in [0.25, 0.3) is 0 Å². The van der Waals surface area contributed by atoms with Crippen LogP contribution in [0.1, 0.15) is 82.0 Å². The van der Waals surface area contributed by atoms with E-state index in [9.17, 15) is 4.79 Å². The van der Waals surface area contributed by atoms with Gasteiger partial charge in [0.1, 0.15) is 5.75 Å². The van der Waals surface area contributed by atoms with Gasteiger partial charge < -0.3 is 14.8 Å². The van der Waals surface area contributed by atoms with E-state index in [4.69, 9.17) is 9.47 Å². The molecule has 25 heavy (non-hydrogen) atoms. The number of aryl methyl sites for hydroxylation is 2. The molecule has 4 heteroatoms. The van der Waals surface area contributed by atoms with Gasteiger partial charge in [-0.05, 0) is 50.8 Å². The summed E-state index contributed by atoms with van der Waals surface area (Å²) in [6, 6.07) is 4.19. The van der Waals surface area contributed by atoms with Crippen molar-refractivity contribution in [2.45, 2.75) is 85.3 Å². The van der Waals surface area contributed by atoms with Crippen molar-refractivity contribution in [2.24, 2.45) is 0 Å². The normalized spacial score (nSPS) is 12.1. The van der Waals surface area contributed by atoms with Crippen molar-refractivity contribution in [1.29, 1.82) is 0 Å². The number of alkyl carbamates (subject to hydrolysis) is 1. The number of hydrogen-bond donors (Lipinski definition) is 1. The molecule has 0 saturated carbocycles.